The number of hydrogen-bond donors (Lipinski definition) is 0. The first kappa shape index (κ1) is 43.9. The van der Waals surface area contributed by atoms with Gasteiger partial charge in [-0.15, -0.1) is 0 Å². The molecule has 340 valence electrons. The molecule has 1 aliphatic heterocycles. The lowest BCUT2D eigenvalue weighted by atomic mass is 9.34. The van der Waals surface area contributed by atoms with Gasteiger partial charge in [0.2, 0.25) is 18.1 Å². The lowest BCUT2D eigenvalue weighted by Crippen LogP contribution is -2.56. The van der Waals surface area contributed by atoms with Crippen molar-refractivity contribution in [3.63, 3.8) is 0 Å². The molecular formula is C66H55BN4+2. The van der Waals surface area contributed by atoms with Crippen molar-refractivity contribution in [2.75, 3.05) is 0 Å². The molecule has 0 saturated carbocycles. The largest absolute Gasteiger partial charge is 0.503 e. The summed E-state index contributed by atoms with van der Waals surface area (Å²) in [5.41, 5.74) is 17.4. The van der Waals surface area contributed by atoms with E-state index in [1.807, 2.05) is 12.3 Å². The molecule has 0 spiro atoms. The third kappa shape index (κ3) is 7.62. The van der Waals surface area contributed by atoms with Crippen LogP contribution in [0.5, 0.6) is 0 Å². The Morgan fingerprint density at radius 2 is 1.04 bits per heavy atom. The van der Waals surface area contributed by atoms with Gasteiger partial charge >= 0.3 is 11.7 Å². The molecule has 0 aliphatic carbocycles. The summed E-state index contributed by atoms with van der Waals surface area (Å²) >= 11 is 0. The molecule has 71 heavy (non-hydrogen) atoms. The first-order valence-electron chi connectivity index (χ1n) is 24.8. The third-order valence-corrected chi connectivity index (χ3v) is 14.4. The Morgan fingerprint density at radius 3 is 1.72 bits per heavy atom. The molecule has 11 aromatic rings. The molecule has 0 radical (unpaired) electrons. The highest BCUT2D eigenvalue weighted by molar-refractivity contribution is 6.96. The Morgan fingerprint density at radius 1 is 0.451 bits per heavy atom. The fourth-order valence-corrected chi connectivity index (χ4v) is 11.2. The smallest absolute Gasteiger partial charge is 0.294 e. The molecule has 0 amide bonds. The maximum absolute atomic E-state index is 4.92. The van der Waals surface area contributed by atoms with Crippen LogP contribution in [0.2, 0.25) is 0 Å². The van der Waals surface area contributed by atoms with Gasteiger partial charge in [0.05, 0.1) is 27.5 Å². The molecule has 3 heterocycles. The average Bonchev–Trinajstić information content (AvgIpc) is 3.95. The van der Waals surface area contributed by atoms with Crippen LogP contribution in [0.4, 0.5) is 22.7 Å². The summed E-state index contributed by atoms with van der Waals surface area (Å²) in [6.07, 6.45) is 1.89. The number of hydrogen-bond acceptors (Lipinski definition) is 1. The van der Waals surface area contributed by atoms with Gasteiger partial charge in [-0.3, -0.25) is 4.57 Å². The summed E-state index contributed by atoms with van der Waals surface area (Å²) in [5.74, 6) is 0.903. The van der Waals surface area contributed by atoms with Gasteiger partial charge in [-0.05, 0) is 96.2 Å². The van der Waals surface area contributed by atoms with E-state index < -0.39 is 0 Å². The van der Waals surface area contributed by atoms with Crippen molar-refractivity contribution in [1.29, 1.82) is 0 Å². The minimum absolute atomic E-state index is 0.127. The van der Waals surface area contributed by atoms with Crippen molar-refractivity contribution < 1.29 is 0 Å². The summed E-state index contributed by atoms with van der Waals surface area (Å²) in [6, 6.07) is 83.8. The van der Waals surface area contributed by atoms with Gasteiger partial charge in [0, 0.05) is 35.2 Å². The van der Waals surface area contributed by atoms with Crippen LogP contribution in [0, 0.1) is 0 Å². The van der Waals surface area contributed by atoms with Gasteiger partial charge < -0.3 is 0 Å². The number of nitrogens with zero attached hydrogens (tertiary/aromatic N) is 4. The highest BCUT2D eigenvalue weighted by atomic mass is 15.2. The van der Waals surface area contributed by atoms with E-state index in [2.05, 4.69) is 274 Å². The standard InChI is InChI=1S/C66H55BN4/c1-65(2,3)56-33-21-34-57(66(4,5)6)62(56)67(49-38-39-55-54-30-15-16-35-58(54)71(60(55)43-49)61-36-17-18-41-68-61)48-27-19-28-50(42-48)69-44-70(64-53-29-14-13-26-47(53)37-40-59(64)69)63-51(45-22-9-7-10-23-45)31-20-32-52(63)46-24-11-8-12-25-46/h7-43H,1-6H3/q+2. The fraction of sp³-hybridized carbons (Fsp3) is 0.121. The van der Waals surface area contributed by atoms with Crippen LogP contribution in [0.1, 0.15) is 52.7 Å². The highest BCUT2D eigenvalue weighted by Crippen LogP contribution is 2.47. The van der Waals surface area contributed by atoms with E-state index in [1.165, 1.54) is 49.1 Å². The molecule has 4 nitrogen and oxygen atoms in total. The molecule has 0 N–H and O–H groups in total. The molecule has 9 aromatic carbocycles. The van der Waals surface area contributed by atoms with Crippen LogP contribution in [0.15, 0.2) is 225 Å². The first-order valence-corrected chi connectivity index (χ1v) is 24.8. The van der Waals surface area contributed by atoms with Crippen LogP contribution in [0.3, 0.4) is 0 Å². The van der Waals surface area contributed by atoms with Gasteiger partial charge in [-0.1, -0.05) is 210 Å². The maximum Gasteiger partial charge on any atom is 0.503 e. The fourth-order valence-electron chi connectivity index (χ4n) is 11.2. The van der Waals surface area contributed by atoms with E-state index in [-0.39, 0.29) is 17.5 Å². The molecule has 0 atom stereocenters. The molecule has 0 fully saturated rings. The van der Waals surface area contributed by atoms with Crippen LogP contribution in [-0.4, -0.2) is 22.3 Å². The summed E-state index contributed by atoms with van der Waals surface area (Å²) in [7, 11) is 0. The van der Waals surface area contributed by atoms with Crippen molar-refractivity contribution in [2.24, 2.45) is 0 Å². The van der Waals surface area contributed by atoms with Crippen LogP contribution in [0.25, 0.3) is 60.6 Å². The van der Waals surface area contributed by atoms with Crippen LogP contribution >= 0.6 is 0 Å². The lowest BCUT2D eigenvalue weighted by Gasteiger charge is -2.33. The number of benzene rings is 9. The monoisotopic (exact) mass is 914 g/mol. The minimum Gasteiger partial charge on any atom is -0.294 e. The number of aromatic nitrogens is 2. The Kier molecular flexibility index (Phi) is 10.7. The van der Waals surface area contributed by atoms with Crippen molar-refractivity contribution >= 4 is 84.4 Å². The van der Waals surface area contributed by atoms with Gasteiger partial charge in [-0.2, -0.15) is 0 Å². The van der Waals surface area contributed by atoms with E-state index in [1.54, 1.807) is 0 Å². The van der Waals surface area contributed by atoms with Crippen molar-refractivity contribution in [1.82, 2.24) is 18.7 Å². The normalized spacial score (nSPS) is 12.6. The number of fused-ring (bicyclic) bond motifs is 6. The zero-order valence-electron chi connectivity index (χ0n) is 41.2. The van der Waals surface area contributed by atoms with Crippen molar-refractivity contribution in [2.45, 2.75) is 52.4 Å². The second-order valence-corrected chi connectivity index (χ2v) is 21.0. The first-order chi connectivity index (χ1) is 34.5. The predicted octanol–water partition coefficient (Wildman–Crippen LogP) is 14.6. The zero-order chi connectivity index (χ0) is 48.4. The molecule has 0 unspecified atom stereocenters. The van der Waals surface area contributed by atoms with E-state index in [4.69, 9.17) is 4.98 Å². The number of para-hydroxylation sites is 2. The van der Waals surface area contributed by atoms with E-state index >= 15 is 0 Å². The predicted molar refractivity (Wildman–Crippen MR) is 303 cm³/mol. The van der Waals surface area contributed by atoms with Crippen molar-refractivity contribution in [3.8, 4) is 28.1 Å². The molecule has 0 saturated heterocycles. The van der Waals surface area contributed by atoms with Gasteiger partial charge in [0.1, 0.15) is 5.82 Å². The SMILES string of the molecule is CC(C)(C)c1cccc(C(C)(C)C)c1B(c1cccc([N+]2=C=[N+](c3c(-c4ccccc4)cccc3-c3ccccc3)c3c2ccc2ccccc32)c1)c1ccc2c3ccccc3n(-c3ccccn3)c2c1. The molecule has 5 heteroatoms. The molecule has 0 bridgehead atoms. The summed E-state index contributed by atoms with van der Waals surface area (Å²) in [4.78, 5) is 4.92. The summed E-state index contributed by atoms with van der Waals surface area (Å²) < 4.78 is 6.97. The molecule has 2 aromatic heterocycles. The molecule has 12 rings (SSSR count). The van der Waals surface area contributed by atoms with E-state index in [0.29, 0.717) is 0 Å². The van der Waals surface area contributed by atoms with Gasteiger partial charge in [0.15, 0.2) is 0 Å². The quantitative estimate of drug-likeness (QED) is 0.110. The molecular weight excluding hydrogens is 860 g/mol. The number of pyridine rings is 1. The summed E-state index contributed by atoms with van der Waals surface area (Å²) in [6.45, 7) is 14.0. The van der Waals surface area contributed by atoms with E-state index in [9.17, 15) is 0 Å². The average molecular weight is 915 g/mol. The topological polar surface area (TPSA) is 23.8 Å². The Labute approximate surface area is 417 Å². The maximum atomic E-state index is 4.92. The molecule has 1 aliphatic rings. The second kappa shape index (κ2) is 17.2. The Balaban J connectivity index is 1.15. The Bertz CT molecular complexity index is 3830. The third-order valence-electron chi connectivity index (χ3n) is 14.4. The lowest BCUT2D eigenvalue weighted by molar-refractivity contribution is 0.575. The van der Waals surface area contributed by atoms with Gasteiger partial charge in [-0.25, -0.2) is 4.98 Å². The highest BCUT2D eigenvalue weighted by Gasteiger charge is 2.42. The zero-order valence-corrected chi connectivity index (χ0v) is 41.2. The van der Waals surface area contributed by atoms with Crippen LogP contribution in [-0.2, 0) is 10.8 Å². The van der Waals surface area contributed by atoms with E-state index in [0.717, 1.165) is 61.9 Å². The van der Waals surface area contributed by atoms with Gasteiger partial charge in [0.25, 0.3) is 5.69 Å². The van der Waals surface area contributed by atoms with Crippen LogP contribution < -0.4 is 25.5 Å². The summed E-state index contributed by atoms with van der Waals surface area (Å²) in [5, 5.41) is 4.77. The number of rotatable bonds is 8. The minimum atomic E-state index is -0.140. The van der Waals surface area contributed by atoms with Crippen molar-refractivity contribution in [3.05, 3.63) is 236 Å². The second-order valence-electron chi connectivity index (χ2n) is 21.0. The Hall–Kier alpha value is -8.37.